The number of anilines is 5. The van der Waals surface area contributed by atoms with Crippen molar-refractivity contribution < 1.29 is 27.8 Å². The first-order valence-corrected chi connectivity index (χ1v) is 14.9. The normalized spacial score (nSPS) is 18.2. The number of methoxy groups -OCH3 is 1. The van der Waals surface area contributed by atoms with Gasteiger partial charge in [0.2, 0.25) is 11.9 Å². The van der Waals surface area contributed by atoms with Crippen molar-refractivity contribution in [3.8, 4) is 5.75 Å². The van der Waals surface area contributed by atoms with Crippen LogP contribution in [0, 0.1) is 0 Å². The average molecular weight is 612 g/mol. The fourth-order valence-electron chi connectivity index (χ4n) is 6.28. The highest BCUT2D eigenvalue weighted by molar-refractivity contribution is 5.99. The van der Waals surface area contributed by atoms with Gasteiger partial charge in [0, 0.05) is 62.4 Å². The zero-order chi connectivity index (χ0) is 30.8. The summed E-state index contributed by atoms with van der Waals surface area (Å²) in [5, 5.41) is 18.4. The van der Waals surface area contributed by atoms with Gasteiger partial charge in [0.1, 0.15) is 17.1 Å². The van der Waals surface area contributed by atoms with Crippen LogP contribution in [0.2, 0.25) is 0 Å². The van der Waals surface area contributed by atoms with Crippen molar-refractivity contribution in [2.75, 3.05) is 54.1 Å². The second-order valence-electron chi connectivity index (χ2n) is 11.5. The molecule has 3 aliphatic heterocycles. The predicted octanol–water partition coefficient (Wildman–Crippen LogP) is 4.78. The SMILES string of the molecule is COc1cc(N2CCC(N3CCC(O)CC3)CC2)ccc1Nc1ncc(C(F)(F)F)c(NCc2cccc3c2CC(=O)N3)n1. The summed E-state index contributed by atoms with van der Waals surface area (Å²) < 4.78 is 47.2. The number of hydrogen-bond acceptors (Lipinski definition) is 9. The minimum atomic E-state index is -4.67. The van der Waals surface area contributed by atoms with Gasteiger partial charge >= 0.3 is 6.18 Å². The Hall–Kier alpha value is -4.10. The highest BCUT2D eigenvalue weighted by atomic mass is 19.4. The fraction of sp³-hybridized carbons (Fsp3) is 0.452. The molecule has 3 aliphatic rings. The van der Waals surface area contributed by atoms with E-state index in [1.54, 1.807) is 25.3 Å². The number of halogens is 3. The van der Waals surface area contributed by atoms with Crippen molar-refractivity contribution in [3.63, 3.8) is 0 Å². The lowest BCUT2D eigenvalue weighted by molar-refractivity contribution is -0.137. The lowest BCUT2D eigenvalue weighted by Gasteiger charge is -2.41. The molecule has 44 heavy (non-hydrogen) atoms. The zero-order valence-electron chi connectivity index (χ0n) is 24.5. The number of likely N-dealkylation sites (tertiary alicyclic amines) is 1. The third kappa shape index (κ3) is 6.53. The van der Waals surface area contributed by atoms with E-state index in [1.807, 2.05) is 18.2 Å². The molecule has 4 N–H and O–H groups in total. The molecule has 0 aliphatic carbocycles. The average Bonchev–Trinajstić information content (AvgIpc) is 3.41. The van der Waals surface area contributed by atoms with Crippen LogP contribution in [-0.4, -0.2) is 71.3 Å². The van der Waals surface area contributed by atoms with Gasteiger partial charge in [-0.3, -0.25) is 4.79 Å². The maximum atomic E-state index is 13.9. The van der Waals surface area contributed by atoms with E-state index in [0.717, 1.165) is 69.3 Å². The molecular formula is C31H36F3N7O3. The molecular weight excluding hydrogens is 575 g/mol. The first-order valence-electron chi connectivity index (χ1n) is 14.9. The number of aliphatic hydroxyl groups is 1. The van der Waals surface area contributed by atoms with Crippen LogP contribution in [0.5, 0.6) is 5.75 Å². The van der Waals surface area contributed by atoms with E-state index < -0.39 is 11.7 Å². The van der Waals surface area contributed by atoms with Crippen LogP contribution in [0.15, 0.2) is 42.6 Å². The maximum absolute atomic E-state index is 13.9. The highest BCUT2D eigenvalue weighted by Crippen LogP contribution is 2.37. The monoisotopic (exact) mass is 611 g/mol. The third-order valence-electron chi connectivity index (χ3n) is 8.70. The molecule has 2 saturated heterocycles. The van der Waals surface area contributed by atoms with Crippen molar-refractivity contribution in [1.29, 1.82) is 0 Å². The van der Waals surface area contributed by atoms with E-state index in [0.29, 0.717) is 28.7 Å². The topological polar surface area (TPSA) is 115 Å². The molecule has 1 amide bonds. The van der Waals surface area contributed by atoms with E-state index in [1.165, 1.54) is 0 Å². The minimum Gasteiger partial charge on any atom is -0.494 e. The second-order valence-corrected chi connectivity index (χ2v) is 11.5. The summed E-state index contributed by atoms with van der Waals surface area (Å²) in [7, 11) is 1.54. The number of piperidine rings is 2. The summed E-state index contributed by atoms with van der Waals surface area (Å²) in [6, 6.07) is 11.5. The first-order chi connectivity index (χ1) is 21.2. The number of nitrogens with zero attached hydrogens (tertiary/aromatic N) is 4. The number of fused-ring (bicyclic) bond motifs is 1. The molecule has 2 aromatic carbocycles. The van der Waals surface area contributed by atoms with Crippen LogP contribution in [0.4, 0.5) is 42.0 Å². The summed E-state index contributed by atoms with van der Waals surface area (Å²) in [6.07, 6.45) is -0.180. The molecule has 0 bridgehead atoms. The summed E-state index contributed by atoms with van der Waals surface area (Å²) in [4.78, 5) is 24.8. The van der Waals surface area contributed by atoms with Gasteiger partial charge in [-0.1, -0.05) is 12.1 Å². The number of alkyl halides is 3. The van der Waals surface area contributed by atoms with Gasteiger partial charge in [0.05, 0.1) is 25.3 Å². The number of rotatable bonds is 8. The predicted molar refractivity (Wildman–Crippen MR) is 161 cm³/mol. The number of hydrogen-bond donors (Lipinski definition) is 4. The molecule has 3 aromatic rings. The van der Waals surface area contributed by atoms with Gasteiger partial charge in [-0.05, 0) is 55.0 Å². The van der Waals surface area contributed by atoms with Crippen LogP contribution in [0.1, 0.15) is 42.4 Å². The molecule has 0 radical (unpaired) electrons. The van der Waals surface area contributed by atoms with Crippen LogP contribution in [-0.2, 0) is 23.9 Å². The fourth-order valence-corrected chi connectivity index (χ4v) is 6.28. The Kier molecular flexibility index (Phi) is 8.50. The van der Waals surface area contributed by atoms with E-state index in [9.17, 15) is 23.1 Å². The molecule has 1 aromatic heterocycles. The molecule has 4 heterocycles. The van der Waals surface area contributed by atoms with Gasteiger partial charge in [0.15, 0.2) is 0 Å². The van der Waals surface area contributed by atoms with Crippen molar-refractivity contribution >= 4 is 34.7 Å². The molecule has 10 nitrogen and oxygen atoms in total. The van der Waals surface area contributed by atoms with E-state index in [-0.39, 0.29) is 36.7 Å². The Morgan fingerprint density at radius 1 is 1.09 bits per heavy atom. The van der Waals surface area contributed by atoms with Crippen molar-refractivity contribution in [3.05, 3.63) is 59.3 Å². The number of aliphatic hydroxyl groups excluding tert-OH is 1. The number of nitrogens with one attached hydrogen (secondary N) is 3. The smallest absolute Gasteiger partial charge is 0.421 e. The van der Waals surface area contributed by atoms with E-state index in [2.05, 4.69) is 35.7 Å². The van der Waals surface area contributed by atoms with Crippen molar-refractivity contribution in [2.24, 2.45) is 0 Å². The van der Waals surface area contributed by atoms with Gasteiger partial charge in [-0.15, -0.1) is 0 Å². The molecule has 13 heteroatoms. The standard InChI is InChI=1S/C31H36F3N7O3/c1-44-27-15-21(41-11-7-20(8-12-41)40-13-9-22(42)10-14-40)5-6-26(27)38-30-36-18-24(31(32,33)34)29(39-30)35-17-19-3-2-4-25-23(19)16-28(43)37-25/h2-6,15,18,20,22,42H,7-14,16-17H2,1H3,(H,37,43)(H2,35,36,38,39). The Labute approximate surface area is 253 Å². The van der Waals surface area contributed by atoms with Crippen LogP contribution in [0.25, 0.3) is 0 Å². The molecule has 0 atom stereocenters. The van der Waals surface area contributed by atoms with E-state index >= 15 is 0 Å². The minimum absolute atomic E-state index is 0.0193. The first kappa shape index (κ1) is 29.9. The van der Waals surface area contributed by atoms with E-state index in [4.69, 9.17) is 4.74 Å². The molecule has 0 saturated carbocycles. The van der Waals surface area contributed by atoms with Gasteiger partial charge in [-0.25, -0.2) is 4.98 Å². The summed E-state index contributed by atoms with van der Waals surface area (Å²) in [5.74, 6) is -0.0225. The number of benzene rings is 2. The molecule has 0 spiro atoms. The van der Waals surface area contributed by atoms with Crippen LogP contribution < -0.4 is 25.6 Å². The maximum Gasteiger partial charge on any atom is 0.421 e. The van der Waals surface area contributed by atoms with Gasteiger partial charge in [0.25, 0.3) is 0 Å². The summed E-state index contributed by atoms with van der Waals surface area (Å²) in [5.41, 5.74) is 2.66. The Morgan fingerprint density at radius 2 is 1.86 bits per heavy atom. The number of carbonyl (C=O) groups is 1. The Bertz CT molecular complexity index is 1500. The molecule has 0 unspecified atom stereocenters. The molecule has 234 valence electrons. The Morgan fingerprint density at radius 3 is 2.59 bits per heavy atom. The zero-order valence-corrected chi connectivity index (χ0v) is 24.5. The quantitative estimate of drug-likeness (QED) is 0.286. The number of ether oxygens (including phenoxy) is 1. The number of carbonyl (C=O) groups excluding carboxylic acids is 1. The second kappa shape index (κ2) is 12.5. The molecule has 6 rings (SSSR count). The third-order valence-corrected chi connectivity index (χ3v) is 8.70. The van der Waals surface area contributed by atoms with Crippen LogP contribution >= 0.6 is 0 Å². The highest BCUT2D eigenvalue weighted by Gasteiger charge is 2.35. The number of amides is 1. The number of aromatic nitrogens is 2. The largest absolute Gasteiger partial charge is 0.494 e. The lowest BCUT2D eigenvalue weighted by Crippen LogP contribution is -2.48. The lowest BCUT2D eigenvalue weighted by atomic mass is 9.98. The summed E-state index contributed by atoms with van der Waals surface area (Å²) in [6.45, 7) is 3.72. The van der Waals surface area contributed by atoms with Crippen LogP contribution in [0.3, 0.4) is 0 Å². The van der Waals surface area contributed by atoms with Crippen molar-refractivity contribution in [1.82, 2.24) is 14.9 Å². The van der Waals surface area contributed by atoms with Gasteiger partial charge in [-0.2, -0.15) is 18.2 Å². The molecule has 2 fully saturated rings. The Balaban J connectivity index is 1.15. The van der Waals surface area contributed by atoms with Crippen molar-refractivity contribution in [2.45, 2.75) is 57.0 Å². The summed E-state index contributed by atoms with van der Waals surface area (Å²) >= 11 is 0. The van der Waals surface area contributed by atoms with Gasteiger partial charge < -0.3 is 35.6 Å².